The Kier molecular flexibility index (Phi) is 5.02. The fourth-order valence-corrected chi connectivity index (χ4v) is 3.79. The molecule has 1 fully saturated rings. The van der Waals surface area contributed by atoms with Gasteiger partial charge >= 0.3 is 5.97 Å². The average Bonchev–Trinajstić information content (AvgIpc) is 2.83. The van der Waals surface area contributed by atoms with E-state index in [-0.39, 0.29) is 11.5 Å². The van der Waals surface area contributed by atoms with E-state index >= 15 is 0 Å². The predicted octanol–water partition coefficient (Wildman–Crippen LogP) is 0.155. The van der Waals surface area contributed by atoms with E-state index in [1.54, 1.807) is 12.1 Å². The van der Waals surface area contributed by atoms with Crippen LogP contribution < -0.4 is 10.1 Å². The van der Waals surface area contributed by atoms with Crippen LogP contribution in [0.4, 0.5) is 0 Å². The highest BCUT2D eigenvalue weighted by atomic mass is 32.2. The van der Waals surface area contributed by atoms with Crippen LogP contribution in [0.3, 0.4) is 0 Å². The smallest absolute Gasteiger partial charge is 0.338 e. The minimum absolute atomic E-state index is 0.0643. The number of nitrogens with one attached hydrogen (secondary N) is 1. The van der Waals surface area contributed by atoms with E-state index < -0.39 is 34.4 Å². The lowest BCUT2D eigenvalue weighted by molar-refractivity contribution is -0.124. The molecule has 1 aliphatic heterocycles. The van der Waals surface area contributed by atoms with Crippen molar-refractivity contribution in [3.8, 4) is 5.75 Å². The van der Waals surface area contributed by atoms with Gasteiger partial charge in [0.15, 0.2) is 16.4 Å². The fourth-order valence-electron chi connectivity index (χ4n) is 2.12. The summed E-state index contributed by atoms with van der Waals surface area (Å²) in [7, 11) is -1.54. The summed E-state index contributed by atoms with van der Waals surface area (Å²) < 4.78 is 32.4. The Balaban J connectivity index is 1.79. The van der Waals surface area contributed by atoms with Crippen molar-refractivity contribution in [1.82, 2.24) is 5.32 Å². The molecule has 0 aliphatic carbocycles. The van der Waals surface area contributed by atoms with Gasteiger partial charge in [0, 0.05) is 6.04 Å². The summed E-state index contributed by atoms with van der Waals surface area (Å²) in [6, 6.07) is 5.88. The van der Waals surface area contributed by atoms with Crippen molar-refractivity contribution in [2.75, 3.05) is 25.2 Å². The number of rotatable bonds is 5. The van der Waals surface area contributed by atoms with Gasteiger partial charge in [0.25, 0.3) is 5.91 Å². The van der Waals surface area contributed by atoms with Gasteiger partial charge in [-0.05, 0) is 30.7 Å². The maximum absolute atomic E-state index is 11.8. The van der Waals surface area contributed by atoms with E-state index in [4.69, 9.17) is 9.47 Å². The summed E-state index contributed by atoms with van der Waals surface area (Å²) in [5, 5.41) is 2.54. The monoisotopic (exact) mass is 327 g/mol. The number of ether oxygens (including phenoxy) is 2. The number of sulfone groups is 1. The molecular weight excluding hydrogens is 310 g/mol. The molecule has 2 rings (SSSR count). The molecule has 8 heteroatoms. The van der Waals surface area contributed by atoms with E-state index in [2.05, 4.69) is 5.32 Å². The van der Waals surface area contributed by atoms with E-state index in [1.165, 1.54) is 19.2 Å². The fraction of sp³-hybridized carbons (Fsp3) is 0.429. The molecule has 0 bridgehead atoms. The first-order valence-corrected chi connectivity index (χ1v) is 8.53. The van der Waals surface area contributed by atoms with E-state index in [9.17, 15) is 18.0 Å². The summed E-state index contributed by atoms with van der Waals surface area (Å²) in [5.41, 5.74) is 0.303. The summed E-state index contributed by atoms with van der Waals surface area (Å²) in [4.78, 5) is 23.4. The van der Waals surface area contributed by atoms with Gasteiger partial charge in [-0.2, -0.15) is 0 Å². The Morgan fingerprint density at radius 2 is 1.95 bits per heavy atom. The van der Waals surface area contributed by atoms with Gasteiger partial charge < -0.3 is 14.8 Å². The number of hydrogen-bond donors (Lipinski definition) is 1. The van der Waals surface area contributed by atoms with Gasteiger partial charge in [0.05, 0.1) is 24.2 Å². The number of esters is 1. The highest BCUT2D eigenvalue weighted by Crippen LogP contribution is 2.13. The molecule has 1 aromatic carbocycles. The molecule has 0 unspecified atom stereocenters. The number of carbonyl (C=O) groups excluding carboxylic acids is 2. The van der Waals surface area contributed by atoms with E-state index in [0.29, 0.717) is 17.7 Å². The first-order chi connectivity index (χ1) is 10.4. The zero-order valence-electron chi connectivity index (χ0n) is 12.1. The Morgan fingerprint density at radius 3 is 2.50 bits per heavy atom. The average molecular weight is 327 g/mol. The molecule has 1 aromatic rings. The second-order valence-electron chi connectivity index (χ2n) is 4.97. The van der Waals surface area contributed by atoms with Crippen LogP contribution in [-0.2, 0) is 19.4 Å². The minimum Gasteiger partial charge on any atom is -0.497 e. The molecule has 1 amide bonds. The predicted molar refractivity (Wildman–Crippen MR) is 78.5 cm³/mol. The summed E-state index contributed by atoms with van der Waals surface area (Å²) in [6.07, 6.45) is 0.389. The normalized spacial score (nSPS) is 19.4. The Bertz CT molecular complexity index is 652. The van der Waals surface area contributed by atoms with Crippen molar-refractivity contribution in [3.05, 3.63) is 29.8 Å². The molecular formula is C14H17NO6S. The van der Waals surface area contributed by atoms with Crippen LogP contribution in [0.2, 0.25) is 0 Å². The third kappa shape index (κ3) is 4.45. The molecule has 120 valence electrons. The molecule has 0 radical (unpaired) electrons. The maximum atomic E-state index is 11.8. The van der Waals surface area contributed by atoms with Crippen LogP contribution in [0, 0.1) is 0 Å². The molecule has 0 saturated carbocycles. The highest BCUT2D eigenvalue weighted by Gasteiger charge is 2.29. The summed E-state index contributed by atoms with van der Waals surface area (Å²) in [5.74, 6) is -0.521. The lowest BCUT2D eigenvalue weighted by Gasteiger charge is -2.11. The first-order valence-electron chi connectivity index (χ1n) is 6.70. The molecule has 1 N–H and O–H groups in total. The Morgan fingerprint density at radius 1 is 1.27 bits per heavy atom. The Labute approximate surface area is 128 Å². The molecule has 0 spiro atoms. The third-order valence-electron chi connectivity index (χ3n) is 3.26. The molecule has 1 heterocycles. The zero-order chi connectivity index (χ0) is 16.2. The molecule has 1 saturated heterocycles. The molecule has 0 aromatic heterocycles. The van der Waals surface area contributed by atoms with Crippen molar-refractivity contribution in [3.63, 3.8) is 0 Å². The second kappa shape index (κ2) is 6.78. The van der Waals surface area contributed by atoms with Crippen molar-refractivity contribution >= 4 is 21.7 Å². The first kappa shape index (κ1) is 16.3. The van der Waals surface area contributed by atoms with E-state index in [1.807, 2.05) is 0 Å². The van der Waals surface area contributed by atoms with Crippen molar-refractivity contribution < 1.29 is 27.5 Å². The largest absolute Gasteiger partial charge is 0.497 e. The van der Waals surface area contributed by atoms with Crippen molar-refractivity contribution in [1.29, 1.82) is 0 Å². The number of benzene rings is 1. The minimum atomic E-state index is -3.06. The van der Waals surface area contributed by atoms with Gasteiger partial charge in [-0.15, -0.1) is 0 Å². The number of carbonyl (C=O) groups is 2. The molecule has 1 atom stereocenters. The van der Waals surface area contributed by atoms with Crippen LogP contribution >= 0.6 is 0 Å². The Hall–Kier alpha value is -2.09. The quantitative estimate of drug-likeness (QED) is 0.773. The maximum Gasteiger partial charge on any atom is 0.338 e. The highest BCUT2D eigenvalue weighted by molar-refractivity contribution is 7.91. The van der Waals surface area contributed by atoms with Crippen LogP contribution in [0.25, 0.3) is 0 Å². The van der Waals surface area contributed by atoms with Crippen LogP contribution in [0.5, 0.6) is 5.75 Å². The second-order valence-corrected chi connectivity index (χ2v) is 7.20. The van der Waals surface area contributed by atoms with Gasteiger partial charge in [0.2, 0.25) is 0 Å². The van der Waals surface area contributed by atoms with Crippen LogP contribution in [0.15, 0.2) is 24.3 Å². The summed E-state index contributed by atoms with van der Waals surface area (Å²) in [6.45, 7) is -0.443. The lowest BCUT2D eigenvalue weighted by Crippen LogP contribution is -2.38. The number of methoxy groups -OCH3 is 1. The molecule has 7 nitrogen and oxygen atoms in total. The third-order valence-corrected chi connectivity index (χ3v) is 5.03. The standard InChI is InChI=1S/C14H17NO6S/c1-20-12-4-2-10(3-5-12)14(17)21-8-13(16)15-11-6-7-22(18,19)9-11/h2-5,11H,6-9H2,1H3,(H,15,16)/t11-/m1/s1. The van der Waals surface area contributed by atoms with E-state index in [0.717, 1.165) is 0 Å². The van der Waals surface area contributed by atoms with Crippen molar-refractivity contribution in [2.45, 2.75) is 12.5 Å². The van der Waals surface area contributed by atoms with Gasteiger partial charge in [0.1, 0.15) is 5.75 Å². The number of hydrogen-bond acceptors (Lipinski definition) is 6. The van der Waals surface area contributed by atoms with Gasteiger partial charge in [-0.3, -0.25) is 4.79 Å². The molecule has 22 heavy (non-hydrogen) atoms. The molecule has 1 aliphatic rings. The summed E-state index contributed by atoms with van der Waals surface area (Å²) >= 11 is 0. The van der Waals surface area contributed by atoms with Crippen LogP contribution in [-0.4, -0.2) is 51.6 Å². The SMILES string of the molecule is COc1ccc(C(=O)OCC(=O)N[C@@H]2CCS(=O)(=O)C2)cc1. The number of amides is 1. The van der Waals surface area contributed by atoms with Crippen LogP contribution in [0.1, 0.15) is 16.8 Å². The van der Waals surface area contributed by atoms with Crippen molar-refractivity contribution in [2.24, 2.45) is 0 Å². The topological polar surface area (TPSA) is 98.8 Å². The van der Waals surface area contributed by atoms with Gasteiger partial charge in [-0.1, -0.05) is 0 Å². The van der Waals surface area contributed by atoms with Gasteiger partial charge in [-0.25, -0.2) is 13.2 Å². The zero-order valence-corrected chi connectivity index (χ0v) is 12.9. The lowest BCUT2D eigenvalue weighted by atomic mass is 10.2.